The average Bonchev–Trinajstić information content (AvgIpc) is 3.46. The van der Waals surface area contributed by atoms with Gasteiger partial charge in [0.05, 0.1) is 16.7 Å². The number of hydrogen-bond acceptors (Lipinski definition) is 6. The van der Waals surface area contributed by atoms with Crippen LogP contribution in [0.2, 0.25) is 0 Å². The molecule has 1 saturated heterocycles. The van der Waals surface area contributed by atoms with Gasteiger partial charge < -0.3 is 14.2 Å². The summed E-state index contributed by atoms with van der Waals surface area (Å²) >= 11 is 0. The molecule has 0 amide bonds. The Hall–Kier alpha value is -1.59. The summed E-state index contributed by atoms with van der Waals surface area (Å²) in [5.74, 6) is 0.0457. The van der Waals surface area contributed by atoms with Gasteiger partial charge >= 0.3 is 17.9 Å². The van der Waals surface area contributed by atoms with Crippen molar-refractivity contribution in [2.45, 2.75) is 117 Å². The number of rotatable bonds is 9. The maximum absolute atomic E-state index is 13.0. The van der Waals surface area contributed by atoms with E-state index in [1.807, 2.05) is 34.6 Å². The minimum Gasteiger partial charge on any atom is -0.459 e. The minimum absolute atomic E-state index is 0.0194. The first kappa shape index (κ1) is 23.6. The molecule has 3 aliphatic carbocycles. The van der Waals surface area contributed by atoms with Gasteiger partial charge in [-0.05, 0) is 85.5 Å². The predicted octanol–water partition coefficient (Wildman–Crippen LogP) is 4.97. The molecular weight excluding hydrogens is 408 g/mol. The Labute approximate surface area is 192 Å². The summed E-state index contributed by atoms with van der Waals surface area (Å²) in [5, 5.41) is 0. The smallest absolute Gasteiger partial charge is 0.312 e. The summed E-state index contributed by atoms with van der Waals surface area (Å²) in [5.41, 5.74) is -1.51. The van der Waals surface area contributed by atoms with Crippen LogP contribution in [0.1, 0.15) is 98.8 Å². The van der Waals surface area contributed by atoms with Gasteiger partial charge in [0, 0.05) is 11.8 Å². The van der Waals surface area contributed by atoms with Gasteiger partial charge in [0.15, 0.2) is 0 Å². The van der Waals surface area contributed by atoms with Gasteiger partial charge in [-0.1, -0.05) is 13.3 Å². The van der Waals surface area contributed by atoms with Crippen LogP contribution in [-0.2, 0) is 28.6 Å². The summed E-state index contributed by atoms with van der Waals surface area (Å²) in [7, 11) is 0. The van der Waals surface area contributed by atoms with E-state index in [-0.39, 0.29) is 53.5 Å². The Balaban J connectivity index is 1.29. The molecule has 0 spiro atoms. The van der Waals surface area contributed by atoms with Gasteiger partial charge in [-0.25, -0.2) is 0 Å². The zero-order valence-corrected chi connectivity index (χ0v) is 20.4. The molecule has 4 aliphatic rings. The van der Waals surface area contributed by atoms with Gasteiger partial charge in [-0.2, -0.15) is 0 Å². The van der Waals surface area contributed by atoms with E-state index in [0.717, 1.165) is 44.9 Å². The van der Waals surface area contributed by atoms with Crippen molar-refractivity contribution in [3.63, 3.8) is 0 Å². The van der Waals surface area contributed by atoms with Gasteiger partial charge in [0.2, 0.25) is 0 Å². The predicted molar refractivity (Wildman–Crippen MR) is 118 cm³/mol. The van der Waals surface area contributed by atoms with Crippen molar-refractivity contribution in [3.8, 4) is 0 Å². The Morgan fingerprint density at radius 2 is 1.78 bits per heavy atom. The molecule has 0 N–H and O–H groups in total. The molecule has 6 atom stereocenters. The van der Waals surface area contributed by atoms with E-state index < -0.39 is 10.8 Å². The van der Waals surface area contributed by atoms with Gasteiger partial charge in [0.25, 0.3) is 0 Å². The largest absolute Gasteiger partial charge is 0.459 e. The third-order valence-electron chi connectivity index (χ3n) is 9.01. The van der Waals surface area contributed by atoms with Crippen molar-refractivity contribution < 1.29 is 28.6 Å². The first-order valence-corrected chi connectivity index (χ1v) is 12.6. The molecule has 1 aliphatic heterocycles. The summed E-state index contributed by atoms with van der Waals surface area (Å²) in [6.45, 7) is 9.88. The second kappa shape index (κ2) is 8.32. The van der Waals surface area contributed by atoms with E-state index in [9.17, 15) is 14.4 Å². The SMILES string of the molecule is CCC(C)(CCCC(C)(C)C(=O)OC1C2CC3C(=O)OC1C3C2)C(=O)OC1(C)CCCC1. The molecular formula is C26H40O6. The number of carbonyl (C=O) groups excluding carboxylic acids is 3. The quantitative estimate of drug-likeness (QED) is 0.366. The maximum Gasteiger partial charge on any atom is 0.312 e. The molecule has 0 aromatic carbocycles. The lowest BCUT2D eigenvalue weighted by molar-refractivity contribution is -0.171. The van der Waals surface area contributed by atoms with Crippen LogP contribution >= 0.6 is 0 Å². The first-order valence-electron chi connectivity index (χ1n) is 12.6. The molecule has 0 aromatic rings. The van der Waals surface area contributed by atoms with Crippen molar-refractivity contribution in [2.24, 2.45) is 28.6 Å². The second-order valence-corrected chi connectivity index (χ2v) is 12.0. The number of fused-ring (bicyclic) bond motifs is 1. The van der Waals surface area contributed by atoms with Gasteiger partial charge in [0.1, 0.15) is 17.8 Å². The number of hydrogen-bond donors (Lipinski definition) is 0. The molecule has 4 rings (SSSR count). The fraction of sp³-hybridized carbons (Fsp3) is 0.885. The zero-order valence-electron chi connectivity index (χ0n) is 20.4. The number of carbonyl (C=O) groups is 3. The number of ether oxygens (including phenoxy) is 3. The molecule has 3 saturated carbocycles. The Kier molecular flexibility index (Phi) is 6.13. The third kappa shape index (κ3) is 4.19. The van der Waals surface area contributed by atoms with Crippen LogP contribution in [0.5, 0.6) is 0 Å². The van der Waals surface area contributed by atoms with Gasteiger partial charge in [-0.3, -0.25) is 14.4 Å². The molecule has 0 aromatic heterocycles. The van der Waals surface area contributed by atoms with Crippen molar-refractivity contribution >= 4 is 17.9 Å². The average molecular weight is 449 g/mol. The number of esters is 3. The van der Waals surface area contributed by atoms with E-state index in [0.29, 0.717) is 19.3 Å². The Bertz CT molecular complexity index is 766. The van der Waals surface area contributed by atoms with Crippen LogP contribution in [0, 0.1) is 28.6 Å². The lowest BCUT2D eigenvalue weighted by Gasteiger charge is -2.33. The van der Waals surface area contributed by atoms with Crippen molar-refractivity contribution in [3.05, 3.63) is 0 Å². The highest BCUT2D eigenvalue weighted by Gasteiger charge is 2.63. The van der Waals surface area contributed by atoms with E-state index in [1.54, 1.807) is 0 Å². The third-order valence-corrected chi connectivity index (χ3v) is 9.01. The molecule has 2 bridgehead atoms. The lowest BCUT2D eigenvalue weighted by atomic mass is 9.78. The van der Waals surface area contributed by atoms with Crippen LogP contribution in [0.15, 0.2) is 0 Å². The van der Waals surface area contributed by atoms with Crippen LogP contribution in [-0.4, -0.2) is 35.7 Å². The van der Waals surface area contributed by atoms with E-state index in [1.165, 1.54) is 0 Å². The topological polar surface area (TPSA) is 78.9 Å². The zero-order chi connectivity index (χ0) is 23.3. The summed E-state index contributed by atoms with van der Waals surface area (Å²) < 4.78 is 17.4. The summed E-state index contributed by atoms with van der Waals surface area (Å²) in [6.07, 6.45) is 8.07. The molecule has 6 unspecified atom stereocenters. The van der Waals surface area contributed by atoms with Crippen LogP contribution < -0.4 is 0 Å². The molecule has 180 valence electrons. The van der Waals surface area contributed by atoms with Crippen LogP contribution in [0.3, 0.4) is 0 Å². The van der Waals surface area contributed by atoms with E-state index in [2.05, 4.69) is 0 Å². The second-order valence-electron chi connectivity index (χ2n) is 12.0. The van der Waals surface area contributed by atoms with Crippen molar-refractivity contribution in [2.75, 3.05) is 0 Å². The van der Waals surface area contributed by atoms with E-state index in [4.69, 9.17) is 14.2 Å². The molecule has 6 nitrogen and oxygen atoms in total. The first-order chi connectivity index (χ1) is 15.0. The molecule has 32 heavy (non-hydrogen) atoms. The normalized spacial score (nSPS) is 34.3. The van der Waals surface area contributed by atoms with Crippen LogP contribution in [0.4, 0.5) is 0 Å². The van der Waals surface area contributed by atoms with E-state index >= 15 is 0 Å². The van der Waals surface area contributed by atoms with Crippen molar-refractivity contribution in [1.82, 2.24) is 0 Å². The monoisotopic (exact) mass is 448 g/mol. The lowest BCUT2D eigenvalue weighted by Crippen LogP contribution is -2.40. The summed E-state index contributed by atoms with van der Waals surface area (Å²) in [6, 6.07) is 0. The maximum atomic E-state index is 13.0. The van der Waals surface area contributed by atoms with Gasteiger partial charge in [-0.15, -0.1) is 0 Å². The molecule has 1 heterocycles. The highest BCUT2D eigenvalue weighted by atomic mass is 16.6. The van der Waals surface area contributed by atoms with Crippen LogP contribution in [0.25, 0.3) is 0 Å². The minimum atomic E-state index is -0.653. The Morgan fingerprint density at radius 3 is 2.44 bits per heavy atom. The molecule has 0 radical (unpaired) electrons. The molecule has 6 heteroatoms. The fourth-order valence-electron chi connectivity index (χ4n) is 6.37. The molecule has 4 fully saturated rings. The summed E-state index contributed by atoms with van der Waals surface area (Å²) in [4.78, 5) is 38.0. The standard InChI is InChI=1S/C26H40O6/c1-6-25(4,23(29)32-26(5)12-7-8-13-26)11-9-10-24(2,3)22(28)31-19-16-14-17-18(15-16)21(27)30-20(17)19/h16-20H,6-15H2,1-5H3. The highest BCUT2D eigenvalue weighted by molar-refractivity contribution is 5.79. The Morgan fingerprint density at radius 1 is 1.09 bits per heavy atom. The highest BCUT2D eigenvalue weighted by Crippen LogP contribution is 2.55. The van der Waals surface area contributed by atoms with Crippen molar-refractivity contribution in [1.29, 1.82) is 0 Å². The fourth-order valence-corrected chi connectivity index (χ4v) is 6.37.